The molecule has 0 spiro atoms. The maximum atomic E-state index is 14.0. The molecular formula is C20H26FNO2. The lowest BCUT2D eigenvalue weighted by atomic mass is 9.91. The van der Waals surface area contributed by atoms with Crippen LogP contribution in [0.1, 0.15) is 37.3 Å². The summed E-state index contributed by atoms with van der Waals surface area (Å²) in [5.74, 6) is 1.20. The van der Waals surface area contributed by atoms with E-state index < -0.39 is 0 Å². The van der Waals surface area contributed by atoms with Crippen LogP contribution < -0.4 is 15.2 Å². The zero-order valence-corrected chi connectivity index (χ0v) is 14.4. The van der Waals surface area contributed by atoms with Crippen molar-refractivity contribution < 1.29 is 13.9 Å². The Hall–Kier alpha value is -2.07. The van der Waals surface area contributed by atoms with E-state index in [-0.39, 0.29) is 11.7 Å². The Labute approximate surface area is 143 Å². The van der Waals surface area contributed by atoms with Crippen LogP contribution in [0, 0.1) is 5.82 Å². The molecule has 2 aromatic carbocycles. The van der Waals surface area contributed by atoms with Gasteiger partial charge in [-0.2, -0.15) is 0 Å². The van der Waals surface area contributed by atoms with Crippen LogP contribution in [0.2, 0.25) is 0 Å². The number of halogens is 1. The highest BCUT2D eigenvalue weighted by atomic mass is 19.1. The van der Waals surface area contributed by atoms with Crippen molar-refractivity contribution in [2.75, 3.05) is 19.8 Å². The molecule has 0 aliphatic heterocycles. The normalized spacial score (nSPS) is 12.0. The molecule has 24 heavy (non-hydrogen) atoms. The van der Waals surface area contributed by atoms with Crippen LogP contribution in [-0.4, -0.2) is 19.8 Å². The van der Waals surface area contributed by atoms with Gasteiger partial charge in [0.2, 0.25) is 0 Å². The largest absolute Gasteiger partial charge is 0.490 e. The first-order chi connectivity index (χ1) is 11.7. The SMILES string of the molecule is CCCOc1ccc(CC(CN)c2ccccc2F)cc1OCC. The van der Waals surface area contributed by atoms with Crippen LogP contribution in [0.4, 0.5) is 4.39 Å². The second kappa shape index (κ2) is 9.28. The molecule has 1 unspecified atom stereocenters. The van der Waals surface area contributed by atoms with Gasteiger partial charge < -0.3 is 15.2 Å². The minimum absolute atomic E-state index is 0.0666. The van der Waals surface area contributed by atoms with Crippen LogP contribution in [0.25, 0.3) is 0 Å². The predicted molar refractivity (Wildman–Crippen MR) is 95.3 cm³/mol. The molecule has 0 fully saturated rings. The first kappa shape index (κ1) is 18.3. The fourth-order valence-electron chi connectivity index (χ4n) is 2.69. The van der Waals surface area contributed by atoms with Crippen LogP contribution in [0.15, 0.2) is 42.5 Å². The molecule has 0 amide bonds. The van der Waals surface area contributed by atoms with Crippen molar-refractivity contribution in [3.8, 4) is 11.5 Å². The molecule has 130 valence electrons. The fraction of sp³-hybridized carbons (Fsp3) is 0.400. The third-order valence-electron chi connectivity index (χ3n) is 3.88. The van der Waals surface area contributed by atoms with Gasteiger partial charge in [0.15, 0.2) is 11.5 Å². The van der Waals surface area contributed by atoms with Crippen molar-refractivity contribution in [1.82, 2.24) is 0 Å². The van der Waals surface area contributed by atoms with Crippen LogP contribution >= 0.6 is 0 Å². The monoisotopic (exact) mass is 331 g/mol. The highest BCUT2D eigenvalue weighted by molar-refractivity contribution is 5.43. The standard InChI is InChI=1S/C20H26FNO2/c1-3-11-24-19-10-9-15(13-20(19)23-4-2)12-16(14-22)17-7-5-6-8-18(17)21/h5-10,13,16H,3-4,11-12,14,22H2,1-2H3. The lowest BCUT2D eigenvalue weighted by Crippen LogP contribution is -2.16. The topological polar surface area (TPSA) is 44.5 Å². The molecule has 0 saturated carbocycles. The molecule has 0 bridgehead atoms. The molecule has 4 heteroatoms. The average molecular weight is 331 g/mol. The van der Waals surface area contributed by atoms with Gasteiger partial charge >= 0.3 is 0 Å². The molecule has 0 aliphatic rings. The second-order valence-electron chi connectivity index (χ2n) is 5.72. The minimum atomic E-state index is -0.208. The number of benzene rings is 2. The quantitative estimate of drug-likeness (QED) is 0.745. The Morgan fingerprint density at radius 1 is 1.04 bits per heavy atom. The van der Waals surface area contributed by atoms with Crippen molar-refractivity contribution in [2.45, 2.75) is 32.6 Å². The van der Waals surface area contributed by atoms with Crippen molar-refractivity contribution in [3.05, 3.63) is 59.4 Å². The van der Waals surface area contributed by atoms with E-state index in [1.807, 2.05) is 31.2 Å². The molecule has 0 aromatic heterocycles. The van der Waals surface area contributed by atoms with Crippen molar-refractivity contribution in [2.24, 2.45) is 5.73 Å². The van der Waals surface area contributed by atoms with Gasteiger partial charge in [0.05, 0.1) is 13.2 Å². The molecule has 2 aromatic rings. The Balaban J connectivity index is 2.21. The Morgan fingerprint density at radius 3 is 2.50 bits per heavy atom. The third-order valence-corrected chi connectivity index (χ3v) is 3.88. The molecule has 3 nitrogen and oxygen atoms in total. The zero-order chi connectivity index (χ0) is 17.4. The summed E-state index contributed by atoms with van der Waals surface area (Å²) in [5.41, 5.74) is 7.60. The summed E-state index contributed by atoms with van der Waals surface area (Å²) in [7, 11) is 0. The zero-order valence-electron chi connectivity index (χ0n) is 14.4. The van der Waals surface area contributed by atoms with E-state index in [4.69, 9.17) is 15.2 Å². The lowest BCUT2D eigenvalue weighted by Gasteiger charge is -2.18. The van der Waals surface area contributed by atoms with Gasteiger partial charge in [0.25, 0.3) is 0 Å². The van der Waals surface area contributed by atoms with Gasteiger partial charge in [-0.25, -0.2) is 4.39 Å². The van der Waals surface area contributed by atoms with Gasteiger partial charge in [-0.3, -0.25) is 0 Å². The molecule has 0 heterocycles. The first-order valence-corrected chi connectivity index (χ1v) is 8.52. The summed E-state index contributed by atoms with van der Waals surface area (Å²) in [5, 5.41) is 0. The summed E-state index contributed by atoms with van der Waals surface area (Å²) in [6, 6.07) is 12.7. The summed E-state index contributed by atoms with van der Waals surface area (Å²) in [4.78, 5) is 0. The molecule has 0 radical (unpaired) electrons. The van der Waals surface area contributed by atoms with Gasteiger partial charge in [0, 0.05) is 5.92 Å². The molecule has 1 atom stereocenters. The van der Waals surface area contributed by atoms with Crippen molar-refractivity contribution in [1.29, 1.82) is 0 Å². The maximum Gasteiger partial charge on any atom is 0.161 e. The summed E-state index contributed by atoms with van der Waals surface area (Å²) in [6.45, 7) is 5.62. The van der Waals surface area contributed by atoms with Gasteiger partial charge in [-0.05, 0) is 55.6 Å². The minimum Gasteiger partial charge on any atom is -0.490 e. The number of nitrogens with two attached hydrogens (primary N) is 1. The van der Waals surface area contributed by atoms with Gasteiger partial charge in [-0.15, -0.1) is 0 Å². The molecule has 0 saturated heterocycles. The highest BCUT2D eigenvalue weighted by Gasteiger charge is 2.16. The summed E-state index contributed by atoms with van der Waals surface area (Å²) >= 11 is 0. The van der Waals surface area contributed by atoms with Crippen LogP contribution in [0.3, 0.4) is 0 Å². The van der Waals surface area contributed by atoms with Gasteiger partial charge in [0.1, 0.15) is 5.82 Å². The fourth-order valence-corrected chi connectivity index (χ4v) is 2.69. The average Bonchev–Trinajstić information content (AvgIpc) is 2.60. The predicted octanol–water partition coefficient (Wildman–Crippen LogP) is 4.30. The van der Waals surface area contributed by atoms with E-state index in [0.29, 0.717) is 31.7 Å². The molecule has 2 rings (SSSR count). The smallest absolute Gasteiger partial charge is 0.161 e. The molecule has 2 N–H and O–H groups in total. The van der Waals surface area contributed by atoms with E-state index in [2.05, 4.69) is 6.92 Å². The second-order valence-corrected chi connectivity index (χ2v) is 5.72. The molecular weight excluding hydrogens is 305 g/mol. The van der Waals surface area contributed by atoms with E-state index in [0.717, 1.165) is 23.5 Å². The molecule has 0 aliphatic carbocycles. The Morgan fingerprint density at radius 2 is 1.83 bits per heavy atom. The summed E-state index contributed by atoms with van der Waals surface area (Å²) in [6.07, 6.45) is 1.60. The van der Waals surface area contributed by atoms with Crippen LogP contribution in [0.5, 0.6) is 11.5 Å². The Kier molecular flexibility index (Phi) is 7.07. The number of ether oxygens (including phenoxy) is 2. The number of hydrogen-bond acceptors (Lipinski definition) is 3. The van der Waals surface area contributed by atoms with E-state index in [1.165, 1.54) is 6.07 Å². The van der Waals surface area contributed by atoms with E-state index in [9.17, 15) is 4.39 Å². The third kappa shape index (κ3) is 4.71. The van der Waals surface area contributed by atoms with Gasteiger partial charge in [-0.1, -0.05) is 31.2 Å². The van der Waals surface area contributed by atoms with E-state index in [1.54, 1.807) is 12.1 Å². The highest BCUT2D eigenvalue weighted by Crippen LogP contribution is 2.31. The summed E-state index contributed by atoms with van der Waals surface area (Å²) < 4.78 is 25.4. The lowest BCUT2D eigenvalue weighted by molar-refractivity contribution is 0.276. The Bertz CT molecular complexity index is 645. The van der Waals surface area contributed by atoms with E-state index >= 15 is 0 Å². The first-order valence-electron chi connectivity index (χ1n) is 8.52. The number of hydrogen-bond donors (Lipinski definition) is 1. The maximum absolute atomic E-state index is 14.0. The number of rotatable bonds is 9. The van der Waals surface area contributed by atoms with Crippen molar-refractivity contribution >= 4 is 0 Å². The van der Waals surface area contributed by atoms with Crippen molar-refractivity contribution in [3.63, 3.8) is 0 Å². The van der Waals surface area contributed by atoms with Crippen LogP contribution in [-0.2, 0) is 6.42 Å².